The third kappa shape index (κ3) is 3.54. The van der Waals surface area contributed by atoms with Gasteiger partial charge in [-0.3, -0.25) is 0 Å². The Hall–Kier alpha value is -1.59. The van der Waals surface area contributed by atoms with Crippen molar-refractivity contribution >= 4 is 28.9 Å². The van der Waals surface area contributed by atoms with Gasteiger partial charge in [-0.1, -0.05) is 35.3 Å². The average molecular weight is 336 g/mol. The fourth-order valence-electron chi connectivity index (χ4n) is 1.84. The van der Waals surface area contributed by atoms with E-state index in [0.717, 1.165) is 6.07 Å². The number of hydrogen-bond acceptors (Lipinski definition) is 2. The fourth-order valence-corrected chi connectivity index (χ4v) is 2.32. The van der Waals surface area contributed by atoms with Crippen molar-refractivity contribution in [2.45, 2.75) is 12.7 Å². The standard InChI is InChI=1S/C14H10Cl2F3NO/c15-10-4-2-6-12(21)8(10)7-20-13-9(14(17,18)19)3-1-5-11(13)16/h1-6,20-21H,7H2. The quantitative estimate of drug-likeness (QED) is 0.794. The van der Waals surface area contributed by atoms with Crippen LogP contribution in [0.3, 0.4) is 0 Å². The molecule has 0 spiro atoms. The number of nitrogens with one attached hydrogen (secondary N) is 1. The number of para-hydroxylation sites is 1. The second-order valence-corrected chi connectivity index (χ2v) is 5.07. The van der Waals surface area contributed by atoms with E-state index in [2.05, 4.69) is 5.32 Å². The van der Waals surface area contributed by atoms with Crippen LogP contribution in [0.15, 0.2) is 36.4 Å². The first-order chi connectivity index (χ1) is 9.80. The van der Waals surface area contributed by atoms with Gasteiger partial charge in [0.15, 0.2) is 0 Å². The second kappa shape index (κ2) is 6.03. The van der Waals surface area contributed by atoms with Crippen LogP contribution in [-0.4, -0.2) is 5.11 Å². The summed E-state index contributed by atoms with van der Waals surface area (Å²) in [6.07, 6.45) is -4.53. The molecule has 2 N–H and O–H groups in total. The second-order valence-electron chi connectivity index (χ2n) is 4.25. The highest BCUT2D eigenvalue weighted by Crippen LogP contribution is 2.39. The summed E-state index contributed by atoms with van der Waals surface area (Å²) in [6, 6.07) is 7.99. The van der Waals surface area contributed by atoms with Crippen LogP contribution in [-0.2, 0) is 12.7 Å². The molecule has 0 aliphatic heterocycles. The van der Waals surface area contributed by atoms with Gasteiger partial charge >= 0.3 is 6.18 Å². The van der Waals surface area contributed by atoms with E-state index in [0.29, 0.717) is 5.56 Å². The van der Waals surface area contributed by atoms with Gasteiger partial charge in [0.05, 0.1) is 16.3 Å². The summed E-state index contributed by atoms with van der Waals surface area (Å²) < 4.78 is 38.8. The minimum Gasteiger partial charge on any atom is -0.508 e. The number of halogens is 5. The van der Waals surface area contributed by atoms with Crippen molar-refractivity contribution in [2.24, 2.45) is 0 Å². The third-order valence-corrected chi connectivity index (χ3v) is 3.52. The molecule has 0 unspecified atom stereocenters. The summed E-state index contributed by atoms with van der Waals surface area (Å²) >= 11 is 11.7. The minimum absolute atomic E-state index is 0.0589. The molecule has 2 aromatic carbocycles. The molecule has 0 heterocycles. The molecule has 0 saturated carbocycles. The van der Waals surface area contributed by atoms with E-state index in [4.69, 9.17) is 23.2 Å². The number of phenols is 1. The Balaban J connectivity index is 2.33. The maximum Gasteiger partial charge on any atom is 0.418 e. The Labute approximate surface area is 129 Å². The molecule has 0 radical (unpaired) electrons. The molecular formula is C14H10Cl2F3NO. The van der Waals surface area contributed by atoms with E-state index in [-0.39, 0.29) is 28.0 Å². The van der Waals surface area contributed by atoms with E-state index in [1.807, 2.05) is 0 Å². The Morgan fingerprint density at radius 2 is 1.62 bits per heavy atom. The Morgan fingerprint density at radius 3 is 2.24 bits per heavy atom. The van der Waals surface area contributed by atoms with Gasteiger partial charge in [0.1, 0.15) is 5.75 Å². The van der Waals surface area contributed by atoms with E-state index in [1.54, 1.807) is 0 Å². The minimum atomic E-state index is -4.53. The topological polar surface area (TPSA) is 32.3 Å². The van der Waals surface area contributed by atoms with E-state index < -0.39 is 11.7 Å². The van der Waals surface area contributed by atoms with Crippen molar-refractivity contribution in [3.05, 3.63) is 57.6 Å². The molecule has 0 aliphatic carbocycles. The number of aromatic hydroxyl groups is 1. The molecule has 7 heteroatoms. The van der Waals surface area contributed by atoms with E-state index in [9.17, 15) is 18.3 Å². The van der Waals surface area contributed by atoms with Crippen molar-refractivity contribution in [3.63, 3.8) is 0 Å². The van der Waals surface area contributed by atoms with Crippen molar-refractivity contribution in [3.8, 4) is 5.75 Å². The van der Waals surface area contributed by atoms with Gasteiger partial charge in [-0.15, -0.1) is 0 Å². The largest absolute Gasteiger partial charge is 0.508 e. The van der Waals surface area contributed by atoms with Gasteiger partial charge in [-0.05, 0) is 24.3 Å². The van der Waals surface area contributed by atoms with Crippen LogP contribution in [0, 0.1) is 0 Å². The lowest BCUT2D eigenvalue weighted by molar-refractivity contribution is -0.136. The van der Waals surface area contributed by atoms with Crippen LogP contribution in [0.5, 0.6) is 5.75 Å². The van der Waals surface area contributed by atoms with Crippen LogP contribution in [0.4, 0.5) is 18.9 Å². The summed E-state index contributed by atoms with van der Waals surface area (Å²) in [5.41, 5.74) is -0.820. The van der Waals surface area contributed by atoms with Gasteiger partial charge in [-0.25, -0.2) is 0 Å². The zero-order chi connectivity index (χ0) is 15.6. The molecule has 0 fully saturated rings. The predicted molar refractivity (Wildman–Crippen MR) is 76.9 cm³/mol. The summed E-state index contributed by atoms with van der Waals surface area (Å²) in [5, 5.41) is 12.5. The van der Waals surface area contributed by atoms with Crippen molar-refractivity contribution in [1.29, 1.82) is 0 Å². The molecule has 0 saturated heterocycles. The first kappa shape index (κ1) is 15.8. The van der Waals surface area contributed by atoms with Gasteiger partial charge in [-0.2, -0.15) is 13.2 Å². The number of benzene rings is 2. The number of anilines is 1. The SMILES string of the molecule is Oc1cccc(Cl)c1CNc1c(Cl)cccc1C(F)(F)F. The maximum atomic E-state index is 12.9. The molecule has 2 rings (SSSR count). The van der Waals surface area contributed by atoms with Crippen LogP contribution in [0.1, 0.15) is 11.1 Å². The monoisotopic (exact) mass is 335 g/mol. The Morgan fingerprint density at radius 1 is 1.00 bits per heavy atom. The summed E-state index contributed by atoms with van der Waals surface area (Å²) in [6.45, 7) is -0.0850. The summed E-state index contributed by atoms with van der Waals surface area (Å²) in [7, 11) is 0. The average Bonchev–Trinajstić information content (AvgIpc) is 2.38. The lowest BCUT2D eigenvalue weighted by Gasteiger charge is -2.16. The first-order valence-corrected chi connectivity index (χ1v) is 6.62. The summed E-state index contributed by atoms with van der Waals surface area (Å²) in [5.74, 6) is -0.101. The van der Waals surface area contributed by atoms with Crippen LogP contribution >= 0.6 is 23.2 Å². The molecule has 21 heavy (non-hydrogen) atoms. The maximum absolute atomic E-state index is 12.9. The lowest BCUT2D eigenvalue weighted by Crippen LogP contribution is -2.11. The third-order valence-electron chi connectivity index (χ3n) is 2.86. The number of phenolic OH excluding ortho intramolecular Hbond substituents is 1. The fraction of sp³-hybridized carbons (Fsp3) is 0.143. The van der Waals surface area contributed by atoms with Crippen molar-refractivity contribution < 1.29 is 18.3 Å². The number of rotatable bonds is 3. The Bertz CT molecular complexity index is 639. The highest BCUT2D eigenvalue weighted by Gasteiger charge is 2.34. The lowest BCUT2D eigenvalue weighted by atomic mass is 10.1. The zero-order valence-electron chi connectivity index (χ0n) is 10.5. The molecule has 0 atom stereocenters. The van der Waals surface area contributed by atoms with Gasteiger partial charge < -0.3 is 10.4 Å². The molecule has 0 aromatic heterocycles. The smallest absolute Gasteiger partial charge is 0.418 e. The molecule has 0 amide bonds. The van der Waals surface area contributed by atoms with E-state index in [1.165, 1.54) is 30.3 Å². The van der Waals surface area contributed by atoms with Crippen LogP contribution in [0.25, 0.3) is 0 Å². The first-order valence-electron chi connectivity index (χ1n) is 5.86. The Kier molecular flexibility index (Phi) is 4.54. The summed E-state index contributed by atoms with van der Waals surface area (Å²) in [4.78, 5) is 0. The van der Waals surface area contributed by atoms with Gasteiger partial charge in [0.25, 0.3) is 0 Å². The van der Waals surface area contributed by atoms with E-state index >= 15 is 0 Å². The molecule has 2 nitrogen and oxygen atoms in total. The van der Waals surface area contributed by atoms with Crippen molar-refractivity contribution in [1.82, 2.24) is 0 Å². The number of hydrogen-bond donors (Lipinski definition) is 2. The number of alkyl halides is 3. The normalized spacial score (nSPS) is 11.5. The molecular weight excluding hydrogens is 326 g/mol. The van der Waals surface area contributed by atoms with Crippen LogP contribution < -0.4 is 5.32 Å². The van der Waals surface area contributed by atoms with Crippen molar-refractivity contribution in [2.75, 3.05) is 5.32 Å². The highest BCUT2D eigenvalue weighted by molar-refractivity contribution is 6.33. The zero-order valence-corrected chi connectivity index (χ0v) is 12.0. The highest BCUT2D eigenvalue weighted by atomic mass is 35.5. The van der Waals surface area contributed by atoms with Crippen LogP contribution in [0.2, 0.25) is 10.0 Å². The molecule has 2 aromatic rings. The van der Waals surface area contributed by atoms with Gasteiger partial charge in [0.2, 0.25) is 0 Å². The van der Waals surface area contributed by atoms with Gasteiger partial charge in [0, 0.05) is 17.1 Å². The molecule has 0 aliphatic rings. The molecule has 112 valence electrons. The molecule has 0 bridgehead atoms. The predicted octanol–water partition coefficient (Wildman–Crippen LogP) is 5.33.